The van der Waals surface area contributed by atoms with Crippen molar-refractivity contribution in [1.82, 2.24) is 20.4 Å². The molecule has 2 aromatic rings. The highest BCUT2D eigenvalue weighted by atomic mass is 32.1. The lowest BCUT2D eigenvalue weighted by Crippen LogP contribution is -2.56. The number of rotatable bonds is 11. The number of nitrogens with zero attached hydrogens (tertiary/aromatic N) is 2. The Bertz CT molecular complexity index is 883. The maximum Gasteiger partial charge on any atom is 0.262 e. The van der Waals surface area contributed by atoms with Crippen LogP contribution in [0.3, 0.4) is 0 Å². The fraction of sp³-hybridized carbons (Fsp3) is 0.458. The van der Waals surface area contributed by atoms with E-state index in [-0.39, 0.29) is 17.7 Å². The fourth-order valence-electron chi connectivity index (χ4n) is 3.74. The van der Waals surface area contributed by atoms with Crippen LogP contribution < -0.4 is 10.6 Å². The van der Waals surface area contributed by atoms with Crippen molar-refractivity contribution in [2.45, 2.75) is 18.9 Å². The van der Waals surface area contributed by atoms with Crippen LogP contribution in [0.15, 0.2) is 47.8 Å². The zero-order valence-electron chi connectivity index (χ0n) is 19.0. The Kier molecular flexibility index (Phi) is 9.86. The largest absolute Gasteiger partial charge is 0.385 e. The first-order valence-corrected chi connectivity index (χ1v) is 12.1. The molecule has 0 saturated carbocycles. The molecule has 9 heteroatoms. The third-order valence-electron chi connectivity index (χ3n) is 5.53. The van der Waals surface area contributed by atoms with Crippen LogP contribution in [-0.4, -0.2) is 86.5 Å². The molecule has 33 heavy (non-hydrogen) atoms. The van der Waals surface area contributed by atoms with E-state index in [1.807, 2.05) is 46.7 Å². The maximum absolute atomic E-state index is 13.3. The van der Waals surface area contributed by atoms with Crippen LogP contribution in [0, 0.1) is 0 Å². The monoisotopic (exact) mass is 472 g/mol. The van der Waals surface area contributed by atoms with Crippen LogP contribution in [-0.2, 0) is 20.7 Å². The molecule has 8 nitrogen and oxygen atoms in total. The van der Waals surface area contributed by atoms with Gasteiger partial charge in [-0.2, -0.15) is 0 Å². The van der Waals surface area contributed by atoms with Crippen LogP contribution in [0.25, 0.3) is 0 Å². The van der Waals surface area contributed by atoms with E-state index in [1.165, 1.54) is 11.3 Å². The van der Waals surface area contributed by atoms with E-state index >= 15 is 0 Å². The molecule has 3 rings (SSSR count). The number of methoxy groups -OCH3 is 1. The first-order chi connectivity index (χ1) is 16.1. The predicted molar refractivity (Wildman–Crippen MR) is 128 cm³/mol. The minimum atomic E-state index is -0.641. The van der Waals surface area contributed by atoms with Crippen molar-refractivity contribution in [2.24, 2.45) is 0 Å². The topological polar surface area (TPSA) is 91.0 Å². The first kappa shape index (κ1) is 24.9. The molecule has 1 aromatic carbocycles. The van der Waals surface area contributed by atoms with Crippen LogP contribution >= 0.6 is 11.3 Å². The van der Waals surface area contributed by atoms with Crippen LogP contribution in [0.1, 0.15) is 21.7 Å². The van der Waals surface area contributed by atoms with Gasteiger partial charge in [-0.15, -0.1) is 11.3 Å². The number of carbonyl (C=O) groups excluding carboxylic acids is 3. The Morgan fingerprint density at radius 3 is 2.48 bits per heavy atom. The third kappa shape index (κ3) is 7.96. The average Bonchev–Trinajstić information content (AvgIpc) is 3.37. The number of nitrogens with one attached hydrogen (secondary N) is 2. The van der Waals surface area contributed by atoms with Gasteiger partial charge in [-0.3, -0.25) is 19.3 Å². The van der Waals surface area contributed by atoms with Crippen molar-refractivity contribution < 1.29 is 19.1 Å². The molecule has 1 aromatic heterocycles. The van der Waals surface area contributed by atoms with E-state index in [4.69, 9.17) is 4.74 Å². The summed E-state index contributed by atoms with van der Waals surface area (Å²) in [6.45, 7) is 3.82. The number of ether oxygens (including phenoxy) is 1. The lowest BCUT2D eigenvalue weighted by molar-refractivity contribution is -0.135. The Labute approximate surface area is 198 Å². The molecule has 1 unspecified atom stereocenters. The van der Waals surface area contributed by atoms with Gasteiger partial charge in [0.15, 0.2) is 0 Å². The van der Waals surface area contributed by atoms with Crippen molar-refractivity contribution >= 4 is 29.1 Å². The number of carbonyl (C=O) groups is 3. The third-order valence-corrected chi connectivity index (χ3v) is 6.40. The molecule has 1 saturated heterocycles. The van der Waals surface area contributed by atoms with Gasteiger partial charge in [0.25, 0.3) is 5.91 Å². The SMILES string of the molecule is COCCCNC(=O)CN1CCN(C(=O)C(Cc2ccccc2)NC(=O)c2cccs2)CC1. The summed E-state index contributed by atoms with van der Waals surface area (Å²) in [6, 6.07) is 12.6. The van der Waals surface area contributed by atoms with E-state index < -0.39 is 6.04 Å². The minimum absolute atomic E-state index is 0.0176. The molecule has 2 N–H and O–H groups in total. The smallest absolute Gasteiger partial charge is 0.262 e. The summed E-state index contributed by atoms with van der Waals surface area (Å²) < 4.78 is 4.98. The van der Waals surface area contributed by atoms with E-state index in [9.17, 15) is 14.4 Å². The molecule has 0 radical (unpaired) electrons. The molecular formula is C24H32N4O4S. The molecule has 1 aliphatic heterocycles. The number of piperazine rings is 1. The molecular weight excluding hydrogens is 440 g/mol. The van der Waals surface area contributed by atoms with Gasteiger partial charge in [-0.1, -0.05) is 36.4 Å². The van der Waals surface area contributed by atoms with E-state index in [1.54, 1.807) is 18.1 Å². The fourth-order valence-corrected chi connectivity index (χ4v) is 4.36. The second kappa shape index (κ2) is 13.1. The number of benzene rings is 1. The van der Waals surface area contributed by atoms with Gasteiger partial charge >= 0.3 is 0 Å². The molecule has 178 valence electrons. The van der Waals surface area contributed by atoms with E-state index in [0.717, 1.165) is 12.0 Å². The summed E-state index contributed by atoms with van der Waals surface area (Å²) in [5, 5.41) is 7.67. The van der Waals surface area contributed by atoms with Gasteiger partial charge in [0.05, 0.1) is 11.4 Å². The molecule has 1 aliphatic rings. The summed E-state index contributed by atoms with van der Waals surface area (Å²) in [5.41, 5.74) is 0.992. The van der Waals surface area contributed by atoms with Crippen molar-refractivity contribution in [3.05, 3.63) is 58.3 Å². The standard InChI is InChI=1S/C24H32N4O4S/c1-32-15-6-10-25-22(29)18-27-11-13-28(14-12-27)24(31)20(17-19-7-3-2-4-8-19)26-23(30)21-9-5-16-33-21/h2-5,7-9,16,20H,6,10-15,17-18H2,1H3,(H,25,29)(H,26,30). The second-order valence-corrected chi connectivity index (χ2v) is 8.94. The Morgan fingerprint density at radius 2 is 1.82 bits per heavy atom. The average molecular weight is 473 g/mol. The van der Waals surface area contributed by atoms with E-state index in [2.05, 4.69) is 10.6 Å². The first-order valence-electron chi connectivity index (χ1n) is 11.2. The predicted octanol–water partition coefficient (Wildman–Crippen LogP) is 1.39. The van der Waals surface area contributed by atoms with Gasteiger partial charge in [-0.25, -0.2) is 0 Å². The zero-order valence-corrected chi connectivity index (χ0v) is 19.8. The van der Waals surface area contributed by atoms with Crippen LogP contribution in [0.5, 0.6) is 0 Å². The van der Waals surface area contributed by atoms with Crippen molar-refractivity contribution in [3.63, 3.8) is 0 Å². The molecule has 1 fully saturated rings. The Hall–Kier alpha value is -2.75. The highest BCUT2D eigenvalue weighted by molar-refractivity contribution is 7.12. The maximum atomic E-state index is 13.3. The Morgan fingerprint density at radius 1 is 1.06 bits per heavy atom. The van der Waals surface area contributed by atoms with Crippen molar-refractivity contribution in [1.29, 1.82) is 0 Å². The minimum Gasteiger partial charge on any atom is -0.385 e. The summed E-state index contributed by atoms with van der Waals surface area (Å²) in [4.78, 5) is 42.5. The van der Waals surface area contributed by atoms with Gasteiger partial charge < -0.3 is 20.3 Å². The summed E-state index contributed by atoms with van der Waals surface area (Å²) in [7, 11) is 1.64. The van der Waals surface area contributed by atoms with Crippen molar-refractivity contribution in [2.75, 3.05) is 53.0 Å². The lowest BCUT2D eigenvalue weighted by atomic mass is 10.0. The van der Waals surface area contributed by atoms with E-state index in [0.29, 0.717) is 57.2 Å². The number of hydrogen-bond donors (Lipinski definition) is 2. The summed E-state index contributed by atoms with van der Waals surface area (Å²) >= 11 is 1.35. The molecule has 0 spiro atoms. The van der Waals surface area contributed by atoms with Gasteiger partial charge in [0, 0.05) is 52.9 Å². The number of amides is 3. The highest BCUT2D eigenvalue weighted by Gasteiger charge is 2.29. The van der Waals surface area contributed by atoms with Gasteiger partial charge in [0.1, 0.15) is 6.04 Å². The van der Waals surface area contributed by atoms with Crippen molar-refractivity contribution in [3.8, 4) is 0 Å². The zero-order chi connectivity index (χ0) is 23.5. The number of hydrogen-bond acceptors (Lipinski definition) is 6. The molecule has 0 bridgehead atoms. The van der Waals surface area contributed by atoms with Gasteiger partial charge in [0.2, 0.25) is 11.8 Å². The summed E-state index contributed by atoms with van der Waals surface area (Å²) in [6.07, 6.45) is 1.21. The quantitative estimate of drug-likeness (QED) is 0.483. The lowest BCUT2D eigenvalue weighted by Gasteiger charge is -2.36. The number of thiophene rings is 1. The molecule has 0 aliphatic carbocycles. The normalized spacial score (nSPS) is 15.1. The summed E-state index contributed by atoms with van der Waals surface area (Å²) in [5.74, 6) is -0.341. The molecule has 1 atom stereocenters. The van der Waals surface area contributed by atoms with Gasteiger partial charge in [-0.05, 0) is 23.4 Å². The molecule has 3 amide bonds. The Balaban J connectivity index is 1.54. The second-order valence-electron chi connectivity index (χ2n) is 7.99. The van der Waals surface area contributed by atoms with Crippen LogP contribution in [0.2, 0.25) is 0 Å². The van der Waals surface area contributed by atoms with Crippen LogP contribution in [0.4, 0.5) is 0 Å². The highest BCUT2D eigenvalue weighted by Crippen LogP contribution is 2.12. The molecule has 2 heterocycles.